The van der Waals surface area contributed by atoms with Gasteiger partial charge < -0.3 is 24.8 Å². The number of carbonyl (C=O) groups is 3. The van der Waals surface area contributed by atoms with Crippen LogP contribution in [0.2, 0.25) is 0 Å². The molecule has 1 fully saturated rings. The van der Waals surface area contributed by atoms with Crippen molar-refractivity contribution in [1.29, 1.82) is 0 Å². The Kier molecular flexibility index (Phi) is 8.02. The number of carboxylic acid groups (broad SMARTS) is 1. The van der Waals surface area contributed by atoms with E-state index < -0.39 is 24.1 Å². The van der Waals surface area contributed by atoms with E-state index in [1.165, 1.54) is 4.90 Å². The zero-order valence-electron chi connectivity index (χ0n) is 19.9. The summed E-state index contributed by atoms with van der Waals surface area (Å²) in [6.45, 7) is 2.98. The van der Waals surface area contributed by atoms with Gasteiger partial charge in [0.2, 0.25) is 5.91 Å². The van der Waals surface area contributed by atoms with Gasteiger partial charge in [0.15, 0.2) is 0 Å². The Morgan fingerprint density at radius 1 is 1.11 bits per heavy atom. The molecular formula is C27H32N2O6. The third-order valence-electron chi connectivity index (χ3n) is 6.70. The second kappa shape index (κ2) is 11.4. The summed E-state index contributed by atoms with van der Waals surface area (Å²) < 4.78 is 11.0. The average molecular weight is 481 g/mol. The number of amides is 2. The molecular weight excluding hydrogens is 448 g/mol. The molecule has 0 aromatic heterocycles. The van der Waals surface area contributed by atoms with E-state index in [9.17, 15) is 19.5 Å². The number of alkyl carbamates (subject to hydrolysis) is 1. The molecule has 0 spiro atoms. The average Bonchev–Trinajstić information content (AvgIpc) is 3.18. The second-order valence-corrected chi connectivity index (χ2v) is 9.02. The van der Waals surface area contributed by atoms with E-state index >= 15 is 0 Å². The van der Waals surface area contributed by atoms with Gasteiger partial charge in [0.1, 0.15) is 12.6 Å². The summed E-state index contributed by atoms with van der Waals surface area (Å²) in [5.74, 6) is -1.36. The standard InChI is InChI=1S/C27H32N2O6/c1-2-3-12-24(26(32)29-13-14-34-16-18(29)15-25(30)31)28-27(33)35-17-23-21-10-6-4-8-19(21)20-9-5-7-11-22(20)23/h4-11,18,23-24H,2-3,12-17H2,1H3,(H,28,33)(H,30,31). The molecule has 2 N–H and O–H groups in total. The number of aliphatic carboxylic acids is 1. The zero-order chi connectivity index (χ0) is 24.8. The Morgan fingerprint density at radius 3 is 2.40 bits per heavy atom. The summed E-state index contributed by atoms with van der Waals surface area (Å²) in [4.78, 5) is 38.9. The van der Waals surface area contributed by atoms with Crippen LogP contribution in [-0.4, -0.2) is 66.4 Å². The van der Waals surface area contributed by atoms with E-state index in [4.69, 9.17) is 9.47 Å². The van der Waals surface area contributed by atoms with Crippen LogP contribution in [0.15, 0.2) is 48.5 Å². The number of hydrogen-bond donors (Lipinski definition) is 2. The summed E-state index contributed by atoms with van der Waals surface area (Å²) in [6, 6.07) is 14.9. The number of unbranched alkanes of at least 4 members (excludes halogenated alkanes) is 1. The molecule has 4 rings (SSSR count). The summed E-state index contributed by atoms with van der Waals surface area (Å²) in [5.41, 5.74) is 4.52. The summed E-state index contributed by atoms with van der Waals surface area (Å²) in [5, 5.41) is 12.0. The number of nitrogens with zero attached hydrogens (tertiary/aromatic N) is 1. The lowest BCUT2D eigenvalue weighted by atomic mass is 9.98. The predicted octanol–water partition coefficient (Wildman–Crippen LogP) is 3.79. The molecule has 2 aromatic carbocycles. The van der Waals surface area contributed by atoms with E-state index in [1.807, 2.05) is 31.2 Å². The van der Waals surface area contributed by atoms with Gasteiger partial charge in [-0.05, 0) is 28.7 Å². The van der Waals surface area contributed by atoms with Crippen molar-refractivity contribution < 1.29 is 29.0 Å². The van der Waals surface area contributed by atoms with Crippen LogP contribution in [-0.2, 0) is 19.1 Å². The first-order valence-corrected chi connectivity index (χ1v) is 12.2. The quantitative estimate of drug-likeness (QED) is 0.566. The normalized spacial score (nSPS) is 17.9. The number of carbonyl (C=O) groups excluding carboxylic acids is 2. The van der Waals surface area contributed by atoms with Crippen molar-refractivity contribution in [2.45, 2.75) is 50.6 Å². The lowest BCUT2D eigenvalue weighted by Crippen LogP contribution is -2.56. The van der Waals surface area contributed by atoms with Crippen molar-refractivity contribution in [2.75, 3.05) is 26.4 Å². The fourth-order valence-corrected chi connectivity index (χ4v) is 4.96. The number of nitrogens with one attached hydrogen (secondary N) is 1. The minimum atomic E-state index is -0.993. The van der Waals surface area contributed by atoms with Gasteiger partial charge in [-0.3, -0.25) is 9.59 Å². The molecule has 186 valence electrons. The van der Waals surface area contributed by atoms with Gasteiger partial charge in [-0.15, -0.1) is 0 Å². The molecule has 2 aromatic rings. The first-order valence-electron chi connectivity index (χ1n) is 12.2. The van der Waals surface area contributed by atoms with Crippen LogP contribution in [0, 0.1) is 0 Å². The van der Waals surface area contributed by atoms with Gasteiger partial charge in [0.05, 0.1) is 25.7 Å². The topological polar surface area (TPSA) is 105 Å². The molecule has 1 aliphatic heterocycles. The highest BCUT2D eigenvalue weighted by Crippen LogP contribution is 2.44. The minimum absolute atomic E-state index is 0.0721. The monoisotopic (exact) mass is 480 g/mol. The molecule has 8 heteroatoms. The first kappa shape index (κ1) is 24.7. The highest BCUT2D eigenvalue weighted by atomic mass is 16.5. The van der Waals surface area contributed by atoms with Gasteiger partial charge in [-0.2, -0.15) is 0 Å². The van der Waals surface area contributed by atoms with Crippen molar-refractivity contribution >= 4 is 18.0 Å². The van der Waals surface area contributed by atoms with Gasteiger partial charge in [0.25, 0.3) is 0 Å². The van der Waals surface area contributed by atoms with Crippen molar-refractivity contribution in [1.82, 2.24) is 10.2 Å². The van der Waals surface area contributed by atoms with E-state index in [1.54, 1.807) is 0 Å². The van der Waals surface area contributed by atoms with E-state index in [-0.39, 0.29) is 31.5 Å². The number of ether oxygens (including phenoxy) is 2. The maximum Gasteiger partial charge on any atom is 0.407 e. The van der Waals surface area contributed by atoms with Crippen molar-refractivity contribution in [3.8, 4) is 11.1 Å². The SMILES string of the molecule is CCCCC(NC(=O)OCC1c2ccccc2-c2ccccc21)C(=O)N1CCOCC1CC(=O)O. The largest absolute Gasteiger partial charge is 0.481 e. The number of rotatable bonds is 9. The molecule has 0 radical (unpaired) electrons. The molecule has 2 unspecified atom stereocenters. The fraction of sp³-hybridized carbons (Fsp3) is 0.444. The van der Waals surface area contributed by atoms with Crippen LogP contribution < -0.4 is 5.32 Å². The van der Waals surface area contributed by atoms with E-state index in [2.05, 4.69) is 29.6 Å². The molecule has 2 atom stereocenters. The minimum Gasteiger partial charge on any atom is -0.481 e. The van der Waals surface area contributed by atoms with E-state index in [0.29, 0.717) is 19.6 Å². The Hall–Kier alpha value is -3.39. The van der Waals surface area contributed by atoms with Crippen molar-refractivity contribution in [3.05, 3.63) is 59.7 Å². The van der Waals surface area contributed by atoms with E-state index in [0.717, 1.165) is 35.1 Å². The number of benzene rings is 2. The molecule has 2 aliphatic rings. The third-order valence-corrected chi connectivity index (χ3v) is 6.70. The molecule has 0 bridgehead atoms. The third kappa shape index (κ3) is 5.65. The summed E-state index contributed by atoms with van der Waals surface area (Å²) >= 11 is 0. The van der Waals surface area contributed by atoms with Crippen LogP contribution >= 0.6 is 0 Å². The first-order chi connectivity index (χ1) is 17.0. The second-order valence-electron chi connectivity index (χ2n) is 9.02. The highest BCUT2D eigenvalue weighted by Gasteiger charge is 2.34. The highest BCUT2D eigenvalue weighted by molar-refractivity contribution is 5.86. The van der Waals surface area contributed by atoms with Crippen LogP contribution in [0.1, 0.15) is 49.7 Å². The van der Waals surface area contributed by atoms with Crippen LogP contribution in [0.4, 0.5) is 4.79 Å². The number of carboxylic acids is 1. The number of morpholine rings is 1. The van der Waals surface area contributed by atoms with Gasteiger partial charge in [-0.1, -0.05) is 68.3 Å². The van der Waals surface area contributed by atoms with Crippen molar-refractivity contribution in [3.63, 3.8) is 0 Å². The van der Waals surface area contributed by atoms with Crippen LogP contribution in [0.3, 0.4) is 0 Å². The fourth-order valence-electron chi connectivity index (χ4n) is 4.96. The smallest absolute Gasteiger partial charge is 0.407 e. The predicted molar refractivity (Wildman–Crippen MR) is 130 cm³/mol. The molecule has 1 saturated heterocycles. The lowest BCUT2D eigenvalue weighted by Gasteiger charge is -2.37. The Bertz CT molecular complexity index is 1030. The van der Waals surface area contributed by atoms with Crippen LogP contribution in [0.25, 0.3) is 11.1 Å². The maximum atomic E-state index is 13.3. The van der Waals surface area contributed by atoms with Gasteiger partial charge in [0, 0.05) is 12.5 Å². The molecule has 8 nitrogen and oxygen atoms in total. The lowest BCUT2D eigenvalue weighted by molar-refractivity contribution is -0.147. The Labute approximate surface area is 205 Å². The molecule has 1 aliphatic carbocycles. The van der Waals surface area contributed by atoms with Gasteiger partial charge >= 0.3 is 12.1 Å². The molecule has 0 saturated carbocycles. The van der Waals surface area contributed by atoms with Crippen molar-refractivity contribution in [2.24, 2.45) is 0 Å². The Balaban J connectivity index is 1.43. The van der Waals surface area contributed by atoms with Gasteiger partial charge in [-0.25, -0.2) is 4.79 Å². The molecule has 2 amide bonds. The number of hydrogen-bond acceptors (Lipinski definition) is 5. The van der Waals surface area contributed by atoms with Crippen LogP contribution in [0.5, 0.6) is 0 Å². The Morgan fingerprint density at radius 2 is 1.77 bits per heavy atom. The number of fused-ring (bicyclic) bond motifs is 3. The maximum absolute atomic E-state index is 13.3. The summed E-state index contributed by atoms with van der Waals surface area (Å²) in [6.07, 6.45) is 1.21. The molecule has 35 heavy (non-hydrogen) atoms. The molecule has 1 heterocycles. The summed E-state index contributed by atoms with van der Waals surface area (Å²) in [7, 11) is 0. The zero-order valence-corrected chi connectivity index (χ0v) is 19.9.